The number of ether oxygens (including phenoxy) is 1. The molecule has 0 spiro atoms. The SMILES string of the molecule is CCCCCC1CCC(C2CCC(/C=C/c3ccc(-c4ccc(OC(F)(F)C(F)C(F)(F)F)cc4)cc3)CC2)CC1. The van der Waals surface area contributed by atoms with E-state index in [1.54, 1.807) is 0 Å². The summed E-state index contributed by atoms with van der Waals surface area (Å²) < 4.78 is 81.1. The van der Waals surface area contributed by atoms with Gasteiger partial charge < -0.3 is 4.74 Å². The molecule has 0 radical (unpaired) electrons. The fourth-order valence-corrected chi connectivity index (χ4v) is 6.59. The molecule has 2 aliphatic carbocycles. The third-order valence-corrected chi connectivity index (χ3v) is 9.09. The van der Waals surface area contributed by atoms with Crippen molar-refractivity contribution in [2.24, 2.45) is 23.7 Å². The van der Waals surface area contributed by atoms with Crippen LogP contribution in [0.1, 0.15) is 89.5 Å². The molecular formula is C34H42F6O. The second-order valence-corrected chi connectivity index (χ2v) is 12.0. The third kappa shape index (κ3) is 9.02. The smallest absolute Gasteiger partial charge is 0.430 e. The van der Waals surface area contributed by atoms with Gasteiger partial charge in [-0.05, 0) is 91.0 Å². The van der Waals surface area contributed by atoms with Crippen molar-refractivity contribution in [2.75, 3.05) is 0 Å². The monoisotopic (exact) mass is 580 g/mol. The first-order chi connectivity index (χ1) is 19.5. The average Bonchev–Trinajstić information content (AvgIpc) is 2.96. The van der Waals surface area contributed by atoms with Gasteiger partial charge in [-0.15, -0.1) is 0 Å². The summed E-state index contributed by atoms with van der Waals surface area (Å²) in [6, 6.07) is 12.9. The molecule has 4 rings (SSSR count). The zero-order valence-electron chi connectivity index (χ0n) is 23.8. The van der Waals surface area contributed by atoms with Crippen LogP contribution in [-0.2, 0) is 0 Å². The minimum absolute atomic E-state index is 0.546. The van der Waals surface area contributed by atoms with Crippen LogP contribution in [0.5, 0.6) is 5.75 Å². The van der Waals surface area contributed by atoms with Gasteiger partial charge in [0.05, 0.1) is 0 Å². The van der Waals surface area contributed by atoms with Gasteiger partial charge in [-0.2, -0.15) is 22.0 Å². The molecule has 7 heteroatoms. The Balaban J connectivity index is 1.22. The number of alkyl halides is 6. The van der Waals surface area contributed by atoms with Crippen molar-refractivity contribution in [2.45, 2.75) is 102 Å². The van der Waals surface area contributed by atoms with Crippen LogP contribution < -0.4 is 4.74 Å². The number of allylic oxidation sites excluding steroid dienone is 1. The first kappa shape index (κ1) is 31.5. The lowest BCUT2D eigenvalue weighted by Gasteiger charge is -2.37. The maximum Gasteiger partial charge on any atom is 0.439 e. The Morgan fingerprint density at radius 2 is 1.29 bits per heavy atom. The molecule has 1 nitrogen and oxygen atoms in total. The van der Waals surface area contributed by atoms with E-state index in [1.165, 1.54) is 89.2 Å². The highest BCUT2D eigenvalue weighted by Gasteiger charge is 2.59. The second kappa shape index (κ2) is 14.2. The molecule has 0 saturated heterocycles. The van der Waals surface area contributed by atoms with Crippen molar-refractivity contribution in [3.63, 3.8) is 0 Å². The quantitative estimate of drug-likeness (QED) is 0.190. The van der Waals surface area contributed by atoms with Crippen LogP contribution >= 0.6 is 0 Å². The van der Waals surface area contributed by atoms with Gasteiger partial charge in [0, 0.05) is 0 Å². The van der Waals surface area contributed by atoms with E-state index in [4.69, 9.17) is 0 Å². The minimum atomic E-state index is -5.72. The summed E-state index contributed by atoms with van der Waals surface area (Å²) in [7, 11) is 0. The maximum absolute atomic E-state index is 13.5. The topological polar surface area (TPSA) is 9.23 Å². The number of rotatable bonds is 11. The standard InChI is InChI=1S/C34H42F6O/c1-2-3-4-5-24-8-14-27(15-9-24)28-16-10-25(11-17-28)6-7-26-12-18-29(19-13-26)30-20-22-31(23-21-30)41-34(39,40)32(35)33(36,37)38/h6-7,12-13,18-25,27-28,32H,2-5,8-11,14-17H2,1H3/b7-6+. The molecule has 1 unspecified atom stereocenters. The highest BCUT2D eigenvalue weighted by molar-refractivity contribution is 5.66. The first-order valence-electron chi connectivity index (χ1n) is 15.2. The van der Waals surface area contributed by atoms with E-state index < -0.39 is 24.2 Å². The van der Waals surface area contributed by atoms with Crippen molar-refractivity contribution >= 4 is 6.08 Å². The predicted molar refractivity (Wildman–Crippen MR) is 152 cm³/mol. The fourth-order valence-electron chi connectivity index (χ4n) is 6.59. The molecule has 226 valence electrons. The fraction of sp³-hybridized carbons (Fsp3) is 0.588. The Bertz CT molecular complexity index is 1080. The van der Waals surface area contributed by atoms with Crippen LogP contribution in [0.15, 0.2) is 54.6 Å². The average molecular weight is 581 g/mol. The Kier molecular flexibility index (Phi) is 10.9. The molecule has 2 aromatic rings. The molecule has 0 bridgehead atoms. The molecule has 2 fully saturated rings. The van der Waals surface area contributed by atoms with Crippen molar-refractivity contribution in [1.82, 2.24) is 0 Å². The van der Waals surface area contributed by atoms with E-state index >= 15 is 0 Å². The van der Waals surface area contributed by atoms with E-state index in [2.05, 4.69) is 23.8 Å². The Morgan fingerprint density at radius 3 is 1.83 bits per heavy atom. The van der Waals surface area contributed by atoms with Crippen molar-refractivity contribution in [3.05, 3.63) is 60.2 Å². The zero-order valence-corrected chi connectivity index (χ0v) is 23.8. The van der Waals surface area contributed by atoms with Crippen molar-refractivity contribution < 1.29 is 31.1 Å². The van der Waals surface area contributed by atoms with Gasteiger partial charge in [-0.25, -0.2) is 4.39 Å². The van der Waals surface area contributed by atoms with E-state index in [0.717, 1.165) is 41.0 Å². The third-order valence-electron chi connectivity index (χ3n) is 9.09. The highest BCUT2D eigenvalue weighted by Crippen LogP contribution is 2.43. The zero-order chi connectivity index (χ0) is 29.5. The van der Waals surface area contributed by atoms with Crippen LogP contribution in [0, 0.1) is 23.7 Å². The lowest BCUT2D eigenvalue weighted by atomic mass is 9.68. The van der Waals surface area contributed by atoms with Gasteiger partial charge in [-0.1, -0.05) is 94.0 Å². The summed E-state index contributed by atoms with van der Waals surface area (Å²) in [6.07, 6.45) is 5.70. The van der Waals surface area contributed by atoms with Crippen molar-refractivity contribution in [3.8, 4) is 16.9 Å². The molecule has 2 aliphatic rings. The van der Waals surface area contributed by atoms with Crippen molar-refractivity contribution in [1.29, 1.82) is 0 Å². The largest absolute Gasteiger partial charge is 0.439 e. The van der Waals surface area contributed by atoms with Crippen LogP contribution in [0.4, 0.5) is 26.3 Å². The van der Waals surface area contributed by atoms with E-state index in [-0.39, 0.29) is 0 Å². The van der Waals surface area contributed by atoms with Gasteiger partial charge in [0.1, 0.15) is 5.75 Å². The molecule has 0 aliphatic heterocycles. The summed E-state index contributed by atoms with van der Waals surface area (Å²) in [5.41, 5.74) is 2.56. The van der Waals surface area contributed by atoms with Gasteiger partial charge in [0.2, 0.25) is 0 Å². The molecule has 0 aromatic heterocycles. The van der Waals surface area contributed by atoms with Gasteiger partial charge in [-0.3, -0.25) is 0 Å². The van der Waals surface area contributed by atoms with Crippen LogP contribution in [-0.4, -0.2) is 18.5 Å². The number of hydrogen-bond acceptors (Lipinski definition) is 1. The van der Waals surface area contributed by atoms with Gasteiger partial charge in [0.25, 0.3) is 6.17 Å². The van der Waals surface area contributed by atoms with E-state index in [0.29, 0.717) is 11.5 Å². The molecular weight excluding hydrogens is 538 g/mol. The van der Waals surface area contributed by atoms with Crippen LogP contribution in [0.25, 0.3) is 17.2 Å². The van der Waals surface area contributed by atoms with E-state index in [9.17, 15) is 26.3 Å². The maximum atomic E-state index is 13.5. The van der Waals surface area contributed by atoms with Gasteiger partial charge >= 0.3 is 12.3 Å². The summed E-state index contributed by atoms with van der Waals surface area (Å²) in [6.45, 7) is 2.28. The number of halogens is 6. The lowest BCUT2D eigenvalue weighted by molar-refractivity contribution is -0.304. The van der Waals surface area contributed by atoms with Crippen LogP contribution in [0.2, 0.25) is 0 Å². The molecule has 0 amide bonds. The second-order valence-electron chi connectivity index (χ2n) is 12.0. The normalized spacial score (nSPS) is 24.9. The molecule has 0 N–H and O–H groups in total. The number of benzene rings is 2. The molecule has 1 atom stereocenters. The molecule has 41 heavy (non-hydrogen) atoms. The van der Waals surface area contributed by atoms with Crippen LogP contribution in [0.3, 0.4) is 0 Å². The minimum Gasteiger partial charge on any atom is -0.430 e. The summed E-state index contributed by atoms with van der Waals surface area (Å²) >= 11 is 0. The number of unbranched alkanes of at least 4 members (excludes halogenated alkanes) is 2. The Morgan fingerprint density at radius 1 is 0.756 bits per heavy atom. The molecule has 0 heterocycles. The Labute approximate surface area is 240 Å². The first-order valence-corrected chi connectivity index (χ1v) is 15.2. The van der Waals surface area contributed by atoms with E-state index in [1.807, 2.05) is 24.3 Å². The number of hydrogen-bond donors (Lipinski definition) is 0. The Hall–Kier alpha value is -2.44. The predicted octanol–water partition coefficient (Wildman–Crippen LogP) is 11.4. The highest BCUT2D eigenvalue weighted by atomic mass is 19.4. The summed E-state index contributed by atoms with van der Waals surface area (Å²) in [4.78, 5) is 0. The van der Waals surface area contributed by atoms with Gasteiger partial charge in [0.15, 0.2) is 0 Å². The summed E-state index contributed by atoms with van der Waals surface area (Å²) in [5, 5.41) is 0. The molecule has 2 aromatic carbocycles. The summed E-state index contributed by atoms with van der Waals surface area (Å²) in [5.74, 6) is 2.83. The lowest BCUT2D eigenvalue weighted by Crippen LogP contribution is -2.45. The molecule has 2 saturated carbocycles.